The number of carbonyl (C=O) groups is 1. The van der Waals surface area contributed by atoms with Crippen molar-refractivity contribution in [2.45, 2.75) is 44.8 Å². The molecule has 1 aliphatic rings. The SMILES string of the molecule is CCC(O)CCNC(=O)NCC(c1ccco1)N1CCCC1. The molecule has 2 atom stereocenters. The largest absolute Gasteiger partial charge is 0.468 e. The summed E-state index contributed by atoms with van der Waals surface area (Å²) in [5, 5.41) is 15.2. The summed E-state index contributed by atoms with van der Waals surface area (Å²) in [4.78, 5) is 14.2. The second-order valence-electron chi connectivity index (χ2n) is 5.76. The van der Waals surface area contributed by atoms with Crippen molar-refractivity contribution in [1.82, 2.24) is 15.5 Å². The van der Waals surface area contributed by atoms with Crippen molar-refractivity contribution in [2.24, 2.45) is 0 Å². The first-order chi connectivity index (χ1) is 10.7. The highest BCUT2D eigenvalue weighted by Gasteiger charge is 2.25. The zero-order valence-electron chi connectivity index (χ0n) is 13.3. The van der Waals surface area contributed by atoms with E-state index in [9.17, 15) is 9.90 Å². The molecule has 2 heterocycles. The maximum Gasteiger partial charge on any atom is 0.314 e. The fourth-order valence-electron chi connectivity index (χ4n) is 2.75. The lowest BCUT2D eigenvalue weighted by atomic mass is 10.2. The van der Waals surface area contributed by atoms with Gasteiger partial charge in [-0.05, 0) is 50.9 Å². The van der Waals surface area contributed by atoms with E-state index in [-0.39, 0.29) is 18.2 Å². The van der Waals surface area contributed by atoms with Gasteiger partial charge in [0.25, 0.3) is 0 Å². The Bertz CT molecular complexity index is 430. The number of likely N-dealkylation sites (tertiary alicyclic amines) is 1. The first-order valence-corrected chi connectivity index (χ1v) is 8.18. The summed E-state index contributed by atoms with van der Waals surface area (Å²) in [5.41, 5.74) is 0. The van der Waals surface area contributed by atoms with Crippen molar-refractivity contribution < 1.29 is 14.3 Å². The van der Waals surface area contributed by atoms with Gasteiger partial charge in [0, 0.05) is 13.1 Å². The molecule has 0 radical (unpaired) electrons. The average molecular weight is 309 g/mol. The highest BCUT2D eigenvalue weighted by Crippen LogP contribution is 2.24. The molecule has 0 aliphatic carbocycles. The minimum absolute atomic E-state index is 0.0875. The second-order valence-corrected chi connectivity index (χ2v) is 5.76. The number of hydrogen-bond acceptors (Lipinski definition) is 4. The van der Waals surface area contributed by atoms with E-state index in [2.05, 4.69) is 15.5 Å². The number of furan rings is 1. The molecule has 1 aliphatic heterocycles. The topological polar surface area (TPSA) is 77.7 Å². The Morgan fingerprint density at radius 1 is 1.41 bits per heavy atom. The molecule has 0 aromatic carbocycles. The normalized spacial score (nSPS) is 18.1. The van der Waals surface area contributed by atoms with Gasteiger partial charge in [-0.25, -0.2) is 4.79 Å². The fraction of sp³-hybridized carbons (Fsp3) is 0.688. The molecule has 1 aromatic heterocycles. The van der Waals surface area contributed by atoms with Gasteiger partial charge in [0.2, 0.25) is 0 Å². The number of hydrogen-bond donors (Lipinski definition) is 3. The summed E-state index contributed by atoms with van der Waals surface area (Å²) in [5.74, 6) is 0.892. The highest BCUT2D eigenvalue weighted by atomic mass is 16.3. The van der Waals surface area contributed by atoms with E-state index < -0.39 is 0 Å². The lowest BCUT2D eigenvalue weighted by Crippen LogP contribution is -2.42. The fourth-order valence-corrected chi connectivity index (χ4v) is 2.75. The van der Waals surface area contributed by atoms with Gasteiger partial charge in [0.1, 0.15) is 5.76 Å². The Labute approximate surface area is 131 Å². The minimum Gasteiger partial charge on any atom is -0.468 e. The Hall–Kier alpha value is -1.53. The second kappa shape index (κ2) is 8.80. The van der Waals surface area contributed by atoms with E-state index in [0.29, 0.717) is 25.9 Å². The number of urea groups is 1. The third-order valence-electron chi connectivity index (χ3n) is 4.14. The Kier molecular flexibility index (Phi) is 6.74. The zero-order chi connectivity index (χ0) is 15.8. The zero-order valence-corrected chi connectivity index (χ0v) is 13.3. The van der Waals surface area contributed by atoms with Crippen molar-refractivity contribution in [3.63, 3.8) is 0 Å². The highest BCUT2D eigenvalue weighted by molar-refractivity contribution is 5.73. The first kappa shape index (κ1) is 16.8. The van der Waals surface area contributed by atoms with Gasteiger partial charge in [-0.3, -0.25) is 4.90 Å². The van der Waals surface area contributed by atoms with Crippen LogP contribution in [0.3, 0.4) is 0 Å². The van der Waals surface area contributed by atoms with Crippen molar-refractivity contribution in [1.29, 1.82) is 0 Å². The number of nitrogens with one attached hydrogen (secondary N) is 2. The molecule has 2 rings (SSSR count). The van der Waals surface area contributed by atoms with Crippen molar-refractivity contribution in [2.75, 3.05) is 26.2 Å². The third-order valence-corrected chi connectivity index (χ3v) is 4.14. The van der Waals surface area contributed by atoms with Crippen molar-refractivity contribution in [3.8, 4) is 0 Å². The van der Waals surface area contributed by atoms with Crippen LogP contribution in [0, 0.1) is 0 Å². The average Bonchev–Trinajstić information content (AvgIpc) is 3.21. The number of aliphatic hydroxyl groups is 1. The number of aliphatic hydroxyl groups excluding tert-OH is 1. The maximum absolute atomic E-state index is 11.8. The smallest absolute Gasteiger partial charge is 0.314 e. The summed E-state index contributed by atoms with van der Waals surface area (Å²) < 4.78 is 5.52. The van der Waals surface area contributed by atoms with E-state index in [4.69, 9.17) is 4.42 Å². The molecule has 1 saturated heterocycles. The summed E-state index contributed by atoms with van der Waals surface area (Å²) in [6, 6.07) is 3.73. The van der Waals surface area contributed by atoms with Crippen LogP contribution in [0.2, 0.25) is 0 Å². The van der Waals surface area contributed by atoms with Crippen LogP contribution in [0.15, 0.2) is 22.8 Å². The molecular weight excluding hydrogens is 282 g/mol. The molecule has 3 N–H and O–H groups in total. The van der Waals surface area contributed by atoms with Gasteiger partial charge in [-0.15, -0.1) is 0 Å². The van der Waals surface area contributed by atoms with Gasteiger partial charge in [0.05, 0.1) is 18.4 Å². The maximum atomic E-state index is 11.8. The van der Waals surface area contributed by atoms with Gasteiger partial charge in [-0.1, -0.05) is 6.92 Å². The molecule has 124 valence electrons. The van der Waals surface area contributed by atoms with Crippen LogP contribution in [0.4, 0.5) is 4.79 Å². The van der Waals surface area contributed by atoms with Crippen LogP contribution in [0.1, 0.15) is 44.4 Å². The molecule has 2 amide bonds. The molecule has 0 saturated carbocycles. The molecule has 22 heavy (non-hydrogen) atoms. The van der Waals surface area contributed by atoms with Gasteiger partial charge >= 0.3 is 6.03 Å². The molecule has 1 fully saturated rings. The summed E-state index contributed by atoms with van der Waals surface area (Å²) in [6.07, 6.45) is 5.00. The first-order valence-electron chi connectivity index (χ1n) is 8.18. The summed E-state index contributed by atoms with van der Waals surface area (Å²) >= 11 is 0. The molecule has 1 aromatic rings. The molecule has 0 spiro atoms. The van der Waals surface area contributed by atoms with Crippen LogP contribution in [-0.2, 0) is 0 Å². The molecule has 0 bridgehead atoms. The van der Waals surface area contributed by atoms with E-state index in [1.54, 1.807) is 6.26 Å². The van der Waals surface area contributed by atoms with Crippen LogP contribution >= 0.6 is 0 Å². The third kappa shape index (κ3) is 5.03. The molecule has 6 heteroatoms. The van der Waals surface area contributed by atoms with Gasteiger partial charge in [-0.2, -0.15) is 0 Å². The van der Waals surface area contributed by atoms with E-state index in [1.807, 2.05) is 19.1 Å². The van der Waals surface area contributed by atoms with Gasteiger partial charge < -0.3 is 20.2 Å². The Morgan fingerprint density at radius 2 is 2.18 bits per heavy atom. The standard InChI is InChI=1S/C16H27N3O3/c1-2-13(20)7-8-17-16(21)18-12-14(15-6-5-11-22-15)19-9-3-4-10-19/h5-6,11,13-14,20H,2-4,7-10,12H2,1H3,(H2,17,18,21). The monoisotopic (exact) mass is 309 g/mol. The van der Waals surface area contributed by atoms with E-state index >= 15 is 0 Å². The summed E-state index contributed by atoms with van der Waals surface area (Å²) in [6.45, 7) is 5.01. The lowest BCUT2D eigenvalue weighted by molar-refractivity contribution is 0.159. The van der Waals surface area contributed by atoms with Crippen LogP contribution in [0.25, 0.3) is 0 Å². The molecule has 6 nitrogen and oxygen atoms in total. The van der Waals surface area contributed by atoms with Crippen molar-refractivity contribution in [3.05, 3.63) is 24.2 Å². The number of carbonyl (C=O) groups excluding carboxylic acids is 1. The van der Waals surface area contributed by atoms with E-state index in [0.717, 1.165) is 18.8 Å². The van der Waals surface area contributed by atoms with Gasteiger partial charge in [0.15, 0.2) is 0 Å². The minimum atomic E-state index is -0.347. The number of rotatable bonds is 8. The lowest BCUT2D eigenvalue weighted by Gasteiger charge is -2.26. The van der Waals surface area contributed by atoms with Crippen molar-refractivity contribution >= 4 is 6.03 Å². The predicted octanol–water partition coefficient (Wildman–Crippen LogP) is 1.88. The molecule has 2 unspecified atom stereocenters. The Morgan fingerprint density at radius 3 is 2.82 bits per heavy atom. The summed E-state index contributed by atoms with van der Waals surface area (Å²) in [7, 11) is 0. The Balaban J connectivity index is 1.77. The quantitative estimate of drug-likeness (QED) is 0.685. The van der Waals surface area contributed by atoms with Crippen LogP contribution < -0.4 is 10.6 Å². The van der Waals surface area contributed by atoms with Crippen LogP contribution in [-0.4, -0.2) is 48.3 Å². The molecular formula is C16H27N3O3. The number of amides is 2. The predicted molar refractivity (Wildman–Crippen MR) is 84.6 cm³/mol. The van der Waals surface area contributed by atoms with Crippen LogP contribution in [0.5, 0.6) is 0 Å². The van der Waals surface area contributed by atoms with E-state index in [1.165, 1.54) is 12.8 Å². The number of nitrogens with zero attached hydrogens (tertiary/aromatic N) is 1.